The van der Waals surface area contributed by atoms with Crippen LogP contribution in [0.1, 0.15) is 18.3 Å². The zero-order chi connectivity index (χ0) is 21.4. The first-order valence-electron chi connectivity index (χ1n) is 10.8. The summed E-state index contributed by atoms with van der Waals surface area (Å²) in [4.78, 5) is 9.54. The largest absolute Gasteiger partial charge is 0.378 e. The smallest absolute Gasteiger partial charge is 0.142 e. The molecule has 0 N–H and O–H groups in total. The number of likely N-dealkylation sites (N-methyl/N-ethyl adjacent to an activating group) is 1. The molecule has 158 valence electrons. The Morgan fingerprint density at radius 3 is 2.58 bits per heavy atom. The summed E-state index contributed by atoms with van der Waals surface area (Å²) in [6.45, 7) is 10.4. The van der Waals surface area contributed by atoms with Crippen molar-refractivity contribution in [2.24, 2.45) is 0 Å². The van der Waals surface area contributed by atoms with Crippen molar-refractivity contribution in [2.75, 3.05) is 38.3 Å². The number of allylic oxidation sites excluding steroid dienone is 3. The van der Waals surface area contributed by atoms with Crippen LogP contribution in [0, 0.1) is 0 Å². The Morgan fingerprint density at radius 2 is 1.84 bits per heavy atom. The van der Waals surface area contributed by atoms with Gasteiger partial charge in [0.25, 0.3) is 0 Å². The molecule has 0 saturated carbocycles. The Balaban J connectivity index is 1.64. The van der Waals surface area contributed by atoms with E-state index < -0.39 is 0 Å². The third-order valence-corrected chi connectivity index (χ3v) is 6.14. The number of ether oxygens (including phenoxy) is 1. The van der Waals surface area contributed by atoms with Crippen LogP contribution in [-0.4, -0.2) is 47.8 Å². The summed E-state index contributed by atoms with van der Waals surface area (Å²) in [6.07, 6.45) is 4.31. The van der Waals surface area contributed by atoms with Crippen LogP contribution in [0.2, 0.25) is 0 Å². The van der Waals surface area contributed by atoms with Crippen molar-refractivity contribution in [3.05, 3.63) is 90.0 Å². The van der Waals surface area contributed by atoms with Gasteiger partial charge in [-0.1, -0.05) is 36.9 Å². The monoisotopic (exact) mass is 412 g/mol. The average molecular weight is 413 g/mol. The molecule has 1 saturated heterocycles. The number of fused-ring (bicyclic) bond motifs is 1. The molecule has 5 rings (SSSR count). The number of rotatable bonds is 4. The molecule has 2 aliphatic heterocycles. The molecule has 0 radical (unpaired) electrons. The highest BCUT2D eigenvalue weighted by molar-refractivity contribution is 5.85. The molecule has 1 fully saturated rings. The lowest BCUT2D eigenvalue weighted by atomic mass is 10.1. The first kappa shape index (κ1) is 19.6. The van der Waals surface area contributed by atoms with E-state index in [1.807, 2.05) is 7.05 Å². The maximum Gasteiger partial charge on any atom is 0.142 e. The predicted molar refractivity (Wildman–Crippen MR) is 127 cm³/mol. The summed E-state index contributed by atoms with van der Waals surface area (Å²) < 4.78 is 7.88. The fourth-order valence-corrected chi connectivity index (χ4v) is 4.32. The van der Waals surface area contributed by atoms with Crippen LogP contribution in [0.4, 0.5) is 5.69 Å². The van der Waals surface area contributed by atoms with E-state index in [4.69, 9.17) is 9.72 Å². The van der Waals surface area contributed by atoms with E-state index >= 15 is 0 Å². The molecule has 1 aromatic heterocycles. The van der Waals surface area contributed by atoms with Crippen LogP contribution in [0.25, 0.3) is 16.6 Å². The van der Waals surface area contributed by atoms with E-state index in [0.29, 0.717) is 0 Å². The molecule has 0 unspecified atom stereocenters. The van der Waals surface area contributed by atoms with Gasteiger partial charge in [0, 0.05) is 49.8 Å². The van der Waals surface area contributed by atoms with Crippen molar-refractivity contribution in [3.8, 4) is 0 Å². The Kier molecular flexibility index (Phi) is 5.12. The van der Waals surface area contributed by atoms with Crippen LogP contribution >= 0.6 is 0 Å². The molecule has 31 heavy (non-hydrogen) atoms. The minimum absolute atomic E-state index is 0.772. The number of morpholine rings is 1. The SMILES string of the molecule is C=C1C(C)=CC(c2nc3ccc(N4CCOCC4)cc3n2Cc2ccccc2)=CN1C. The number of imidazole rings is 1. The molecular weight excluding hydrogens is 384 g/mol. The molecule has 2 aliphatic rings. The molecule has 5 nitrogen and oxygen atoms in total. The third kappa shape index (κ3) is 3.77. The second-order valence-corrected chi connectivity index (χ2v) is 8.25. The maximum atomic E-state index is 5.54. The Morgan fingerprint density at radius 1 is 1.06 bits per heavy atom. The first-order valence-corrected chi connectivity index (χ1v) is 10.8. The fourth-order valence-electron chi connectivity index (χ4n) is 4.32. The van der Waals surface area contributed by atoms with Gasteiger partial charge in [0.05, 0.1) is 24.2 Å². The maximum absolute atomic E-state index is 5.54. The molecule has 2 aromatic carbocycles. The summed E-state index contributed by atoms with van der Waals surface area (Å²) in [5, 5.41) is 0. The second-order valence-electron chi connectivity index (χ2n) is 8.25. The van der Waals surface area contributed by atoms with Crippen molar-refractivity contribution in [2.45, 2.75) is 13.5 Å². The second kappa shape index (κ2) is 8.08. The molecule has 0 amide bonds. The number of nitrogens with zero attached hydrogens (tertiary/aromatic N) is 4. The minimum atomic E-state index is 0.772. The van der Waals surface area contributed by atoms with E-state index in [9.17, 15) is 0 Å². The first-order chi connectivity index (χ1) is 15.1. The molecule has 3 heterocycles. The molecule has 0 bridgehead atoms. The van der Waals surface area contributed by atoms with E-state index in [0.717, 1.165) is 66.5 Å². The Labute approximate surface area is 183 Å². The van der Waals surface area contributed by atoms with Gasteiger partial charge in [-0.05, 0) is 42.3 Å². The van der Waals surface area contributed by atoms with E-state index in [1.54, 1.807) is 0 Å². The van der Waals surface area contributed by atoms with Gasteiger partial charge in [0.15, 0.2) is 0 Å². The number of aromatic nitrogens is 2. The molecule has 0 aliphatic carbocycles. The summed E-state index contributed by atoms with van der Waals surface area (Å²) >= 11 is 0. The third-order valence-electron chi connectivity index (χ3n) is 6.14. The summed E-state index contributed by atoms with van der Waals surface area (Å²) in [5.74, 6) is 0.983. The van der Waals surface area contributed by atoms with E-state index in [1.165, 1.54) is 11.3 Å². The van der Waals surface area contributed by atoms with Crippen molar-refractivity contribution in [1.29, 1.82) is 0 Å². The highest BCUT2D eigenvalue weighted by Crippen LogP contribution is 2.31. The predicted octanol–water partition coefficient (Wildman–Crippen LogP) is 4.67. The van der Waals surface area contributed by atoms with Gasteiger partial charge in [-0.2, -0.15) is 0 Å². The lowest BCUT2D eigenvalue weighted by Gasteiger charge is -2.29. The summed E-state index contributed by atoms with van der Waals surface area (Å²) in [6, 6.07) is 17.2. The van der Waals surface area contributed by atoms with Crippen molar-refractivity contribution in [1.82, 2.24) is 14.5 Å². The summed E-state index contributed by atoms with van der Waals surface area (Å²) in [5.41, 5.74) is 7.94. The van der Waals surface area contributed by atoms with Crippen molar-refractivity contribution >= 4 is 22.3 Å². The lowest BCUT2D eigenvalue weighted by molar-refractivity contribution is 0.122. The molecular formula is C26H28N4O. The molecule has 0 atom stereocenters. The number of hydrogen-bond acceptors (Lipinski definition) is 4. The van der Waals surface area contributed by atoms with Crippen LogP contribution in [0.5, 0.6) is 0 Å². The van der Waals surface area contributed by atoms with Gasteiger partial charge in [-0.3, -0.25) is 0 Å². The fraction of sp³-hybridized carbons (Fsp3) is 0.269. The normalized spacial score (nSPS) is 17.2. The standard InChI is InChI=1S/C26H28N4O/c1-19-15-22(18-28(3)20(19)2)26-27-24-10-9-23(29-11-13-31-14-12-29)16-25(24)30(26)17-21-7-5-4-6-8-21/h4-10,15-16,18H,2,11-14,17H2,1,3H3. The van der Waals surface area contributed by atoms with Gasteiger partial charge in [-0.15, -0.1) is 0 Å². The Bertz CT molecular complexity index is 1180. The van der Waals surface area contributed by atoms with Crippen LogP contribution in [0.3, 0.4) is 0 Å². The quantitative estimate of drug-likeness (QED) is 0.624. The van der Waals surface area contributed by atoms with E-state index in [2.05, 4.69) is 88.7 Å². The number of benzene rings is 2. The molecule has 0 spiro atoms. The zero-order valence-electron chi connectivity index (χ0n) is 18.2. The highest BCUT2D eigenvalue weighted by atomic mass is 16.5. The van der Waals surface area contributed by atoms with Crippen molar-refractivity contribution in [3.63, 3.8) is 0 Å². The minimum Gasteiger partial charge on any atom is -0.378 e. The van der Waals surface area contributed by atoms with Crippen molar-refractivity contribution < 1.29 is 4.74 Å². The highest BCUT2D eigenvalue weighted by Gasteiger charge is 2.20. The number of anilines is 1. The average Bonchev–Trinajstić information content (AvgIpc) is 3.16. The number of hydrogen-bond donors (Lipinski definition) is 0. The van der Waals surface area contributed by atoms with Crippen LogP contribution < -0.4 is 4.90 Å². The topological polar surface area (TPSA) is 33.5 Å². The van der Waals surface area contributed by atoms with Gasteiger partial charge in [0.1, 0.15) is 5.82 Å². The van der Waals surface area contributed by atoms with Gasteiger partial charge in [-0.25, -0.2) is 4.98 Å². The van der Waals surface area contributed by atoms with Gasteiger partial charge < -0.3 is 19.1 Å². The van der Waals surface area contributed by atoms with Gasteiger partial charge in [0.2, 0.25) is 0 Å². The Hall–Kier alpha value is -3.31. The van der Waals surface area contributed by atoms with Gasteiger partial charge >= 0.3 is 0 Å². The lowest BCUT2D eigenvalue weighted by Crippen LogP contribution is -2.36. The molecule has 5 heteroatoms. The summed E-state index contributed by atoms with van der Waals surface area (Å²) in [7, 11) is 2.04. The van der Waals surface area contributed by atoms with Crippen LogP contribution in [0.15, 0.2) is 78.7 Å². The van der Waals surface area contributed by atoms with E-state index in [-0.39, 0.29) is 0 Å². The zero-order valence-corrected chi connectivity index (χ0v) is 18.2. The molecule has 3 aromatic rings. The van der Waals surface area contributed by atoms with Crippen LogP contribution in [-0.2, 0) is 11.3 Å².